The molecule has 0 fully saturated rings. The van der Waals surface area contributed by atoms with Gasteiger partial charge in [0, 0.05) is 35.5 Å². The Labute approximate surface area is 574 Å². The van der Waals surface area contributed by atoms with Crippen molar-refractivity contribution >= 4 is 148 Å². The molecule has 0 aliphatic heterocycles. The Morgan fingerprint density at radius 1 is 0.194 bits per heavy atom. The molecular weight excluding hydrogens is 1200 g/mol. The number of thioether (sulfide) groups is 2. The first-order valence-electron chi connectivity index (χ1n) is 33.5. The van der Waals surface area contributed by atoms with Gasteiger partial charge in [-0.15, -0.1) is 46.2 Å². The van der Waals surface area contributed by atoms with Crippen molar-refractivity contribution in [2.45, 2.75) is 224 Å². The van der Waals surface area contributed by atoms with Gasteiger partial charge in [-0.05, 0) is 465 Å². The van der Waals surface area contributed by atoms with Gasteiger partial charge in [0.15, 0.2) is 6.29 Å². The van der Waals surface area contributed by atoms with Crippen LogP contribution in [0.2, 0.25) is 0 Å². The number of thiophene rings is 2. The average Bonchev–Trinajstić information content (AvgIpc) is 1.57. The Morgan fingerprint density at radius 3 is 0.677 bits per heavy atom. The van der Waals surface area contributed by atoms with Crippen LogP contribution < -0.4 is 0 Å². The van der Waals surface area contributed by atoms with Gasteiger partial charge in [0.2, 0.25) is 0 Å². The molecule has 0 saturated heterocycles. The highest BCUT2D eigenvalue weighted by molar-refractivity contribution is 7.99. The van der Waals surface area contributed by atoms with E-state index in [1.54, 1.807) is 11.8 Å². The topological polar surface area (TPSA) is 17.1 Å². The van der Waals surface area contributed by atoms with Crippen molar-refractivity contribution in [1.29, 1.82) is 0 Å². The molecule has 0 radical (unpaired) electrons. The number of hydrogen-bond acceptors (Lipinski definition) is 5. The molecule has 0 N–H and O–H groups in total. The first-order chi connectivity index (χ1) is 43.5. The van der Waals surface area contributed by atoms with Gasteiger partial charge in [-0.25, -0.2) is 0 Å². The first-order valence-corrected chi connectivity index (χ1v) is 37.6. The van der Waals surface area contributed by atoms with Crippen LogP contribution >= 0.6 is 46.2 Å². The van der Waals surface area contributed by atoms with Crippen LogP contribution in [-0.2, 0) is 0 Å². The SMILES string of the molecule is CSc1c(/C=C/c2c(C)c(C)c3c(C)c(C)c(C)c(C)c3c2C)c(C)c2c(C)c(C)c(C)c(C)c2c1C.CSc1c(C=O)c(C)c2c(C)c(C)c(C)c(C)c2c1C.Cc1c(C)c(C)c2c(C)c3c(sc4c3sc3c(C)c5c(C)c(C)c(C)c(C)c5c(C)c34)c(C)c2c1C. The molecule has 5 heteroatoms. The van der Waals surface area contributed by atoms with Gasteiger partial charge in [0.1, 0.15) is 0 Å². The van der Waals surface area contributed by atoms with E-state index in [4.69, 9.17) is 0 Å². The number of fused-ring (bicyclic) bond motifs is 10. The lowest BCUT2D eigenvalue weighted by molar-refractivity contribution is 0.112. The molecule has 0 unspecified atom stereocenters. The zero-order valence-corrected chi connectivity index (χ0v) is 66.0. The van der Waals surface area contributed by atoms with Gasteiger partial charge in [0.25, 0.3) is 0 Å². The predicted octanol–water partition coefficient (Wildman–Crippen LogP) is 27.4. The number of hydrogen-bond donors (Lipinski definition) is 0. The standard InChI is InChI=1S/C36H44S.C34H36S2.C18H22OS/c1-17-18(2)23(7)33-27(11)30(21(5)26(10)32(33)22(17)6)15-16-31-28(12)34-24(8)19(3)20(4)25(9)35(34)29(13)36(31)37-14;1-13-15(3)19(7)27-23(11)31-29(21(9)25(27)17(13)5)33-34(35-31)30-22(10)26-18(6)14(2)16(4)20(8)28(26)24(12)32(30)36-33;1-9-10(2)12(4)17-14(6)18(20-7)15(8-19)13(5)16(17)11(9)3/h15-16H,1-14H3;1-12H3;8H,1-7H3/b16-15+;;. The molecule has 0 bridgehead atoms. The van der Waals surface area contributed by atoms with Crippen molar-refractivity contribution in [2.24, 2.45) is 0 Å². The highest BCUT2D eigenvalue weighted by atomic mass is 32.2. The van der Waals surface area contributed by atoms with E-state index in [1.807, 2.05) is 40.7 Å². The smallest absolute Gasteiger partial charge is 0.151 e. The summed E-state index contributed by atoms with van der Waals surface area (Å²) in [5.41, 5.74) is 47.2. The summed E-state index contributed by atoms with van der Waals surface area (Å²) in [5.74, 6) is 0. The summed E-state index contributed by atoms with van der Waals surface area (Å²) in [6, 6.07) is 0. The molecule has 0 spiro atoms. The Hall–Kier alpha value is -6.21. The van der Waals surface area contributed by atoms with Gasteiger partial charge in [-0.3, -0.25) is 4.79 Å². The van der Waals surface area contributed by atoms with Crippen LogP contribution in [0.1, 0.15) is 194 Å². The Morgan fingerprint density at radius 2 is 0.398 bits per heavy atom. The maximum atomic E-state index is 11.5. The molecule has 1 nitrogen and oxygen atoms in total. The van der Waals surface area contributed by atoms with E-state index < -0.39 is 0 Å². The van der Waals surface area contributed by atoms with Crippen molar-refractivity contribution in [3.05, 3.63) is 189 Å². The molecule has 0 saturated carbocycles. The molecule has 2 aromatic heterocycles. The van der Waals surface area contributed by atoms with Crippen LogP contribution in [0.3, 0.4) is 0 Å². The van der Waals surface area contributed by atoms with E-state index in [-0.39, 0.29) is 0 Å². The van der Waals surface area contributed by atoms with Crippen molar-refractivity contribution in [3.8, 4) is 0 Å². The van der Waals surface area contributed by atoms with Crippen molar-refractivity contribution in [1.82, 2.24) is 0 Å². The number of aldehydes is 1. The van der Waals surface area contributed by atoms with Gasteiger partial charge < -0.3 is 0 Å². The Balaban J connectivity index is 0.000000160. The predicted molar refractivity (Wildman–Crippen MR) is 426 cm³/mol. The summed E-state index contributed by atoms with van der Waals surface area (Å²) in [6.45, 7) is 70.8. The van der Waals surface area contributed by atoms with Crippen LogP contribution in [0, 0.1) is 215 Å². The quantitative estimate of drug-likeness (QED) is 0.0971. The van der Waals surface area contributed by atoms with Crippen molar-refractivity contribution in [2.75, 3.05) is 12.5 Å². The third kappa shape index (κ3) is 10.1. The maximum absolute atomic E-state index is 11.5. The lowest BCUT2D eigenvalue weighted by atomic mass is 9.82. The fourth-order valence-electron chi connectivity index (χ4n) is 17.2. The monoisotopic (exact) mass is 1300 g/mol. The number of aryl methyl sites for hydroxylation is 20. The molecule has 12 aromatic rings. The zero-order valence-electron chi connectivity index (χ0n) is 62.8. The van der Waals surface area contributed by atoms with Crippen LogP contribution in [0.5, 0.6) is 0 Å². The normalized spacial score (nSPS) is 12.0. The highest BCUT2D eigenvalue weighted by Crippen LogP contribution is 2.54. The summed E-state index contributed by atoms with van der Waals surface area (Å²) in [6.07, 6.45) is 10.1. The van der Waals surface area contributed by atoms with Crippen molar-refractivity contribution < 1.29 is 4.79 Å². The van der Waals surface area contributed by atoms with E-state index in [0.29, 0.717) is 0 Å². The molecule has 10 aromatic carbocycles. The van der Waals surface area contributed by atoms with Gasteiger partial charge in [0.05, 0.1) is 9.40 Å². The largest absolute Gasteiger partial charge is 0.298 e. The minimum Gasteiger partial charge on any atom is -0.298 e. The third-order valence-corrected chi connectivity index (χ3v) is 29.1. The number of benzene rings is 10. The fourth-order valence-corrected chi connectivity index (χ4v) is 22.0. The van der Waals surface area contributed by atoms with E-state index in [0.717, 1.165) is 22.3 Å². The average molecular weight is 1300 g/mol. The maximum Gasteiger partial charge on any atom is 0.151 e. The summed E-state index contributed by atoms with van der Waals surface area (Å²) in [4.78, 5) is 14.1. The molecule has 12 rings (SSSR count). The van der Waals surface area contributed by atoms with Gasteiger partial charge in [-0.2, -0.15) is 0 Å². The van der Waals surface area contributed by atoms with E-state index in [9.17, 15) is 4.79 Å². The van der Waals surface area contributed by atoms with Crippen LogP contribution in [0.4, 0.5) is 0 Å². The molecule has 0 amide bonds. The molecule has 0 aliphatic carbocycles. The number of carbonyl (C=O) groups is 1. The zero-order chi connectivity index (χ0) is 69.0. The fraction of sp³-hybridized carbons (Fsp3) is 0.375. The molecule has 0 aliphatic rings. The minimum absolute atomic E-state index is 0.855. The summed E-state index contributed by atoms with van der Waals surface area (Å²) in [5, 5.41) is 17.3. The van der Waals surface area contributed by atoms with E-state index in [1.165, 1.54) is 266 Å². The lowest BCUT2D eigenvalue weighted by Crippen LogP contribution is -2.02. The Kier molecular flexibility index (Phi) is 18.8. The molecule has 0 atom stereocenters. The van der Waals surface area contributed by atoms with Crippen LogP contribution in [-0.4, -0.2) is 18.8 Å². The lowest BCUT2D eigenvalue weighted by Gasteiger charge is -2.23. The molecule has 484 valence electrons. The highest BCUT2D eigenvalue weighted by Gasteiger charge is 2.27. The number of rotatable bonds is 5. The summed E-state index contributed by atoms with van der Waals surface area (Å²) in [7, 11) is 0. The second-order valence-corrected chi connectivity index (χ2v) is 31.8. The van der Waals surface area contributed by atoms with Crippen LogP contribution in [0.25, 0.3) is 95.6 Å². The van der Waals surface area contributed by atoms with E-state index >= 15 is 0 Å². The summed E-state index contributed by atoms with van der Waals surface area (Å²) < 4.78 is 5.96. The second-order valence-electron chi connectivity index (χ2n) is 28.2. The van der Waals surface area contributed by atoms with E-state index in [2.05, 4.69) is 233 Å². The Bertz CT molecular complexity index is 5240. The van der Waals surface area contributed by atoms with Crippen LogP contribution in [0.15, 0.2) is 9.79 Å². The van der Waals surface area contributed by atoms with Crippen molar-refractivity contribution in [3.63, 3.8) is 0 Å². The molecule has 93 heavy (non-hydrogen) atoms. The first kappa shape index (κ1) is 69.6. The second kappa shape index (κ2) is 25.1. The minimum atomic E-state index is 0.855. The van der Waals surface area contributed by atoms with Gasteiger partial charge in [-0.1, -0.05) is 12.2 Å². The number of carbonyl (C=O) groups excluding carboxylic acids is 1. The molecule has 2 heterocycles. The summed E-state index contributed by atoms with van der Waals surface area (Å²) >= 11 is 7.63. The third-order valence-electron chi connectivity index (χ3n) is 24.4. The van der Waals surface area contributed by atoms with Gasteiger partial charge >= 0.3 is 0 Å². The molecular formula is C88H102OS4.